The average molecular weight is 625 g/mol. The van der Waals surface area contributed by atoms with Crippen LogP contribution in [0, 0.1) is 0 Å². The molecule has 0 radical (unpaired) electrons. The minimum absolute atomic E-state index is 0.0783. The van der Waals surface area contributed by atoms with E-state index in [-0.39, 0.29) is 6.04 Å². The van der Waals surface area contributed by atoms with Gasteiger partial charge in [0.05, 0.1) is 6.04 Å². The van der Waals surface area contributed by atoms with E-state index in [1.165, 1.54) is 6.92 Å². The molecule has 2 aromatic rings. The van der Waals surface area contributed by atoms with Crippen LogP contribution in [0.25, 0.3) is 0 Å². The molecular weight excluding hydrogens is 584 g/mol. The van der Waals surface area contributed by atoms with E-state index >= 15 is 0 Å². The number of anilines is 2. The minimum Gasteiger partial charge on any atom is -0.442 e. The van der Waals surface area contributed by atoms with E-state index in [2.05, 4.69) is 26.6 Å². The third kappa shape index (κ3) is 9.57. The van der Waals surface area contributed by atoms with Crippen molar-refractivity contribution in [3.63, 3.8) is 0 Å². The number of hydrogen-bond acceptors (Lipinski definition) is 8. The molecule has 0 aliphatic heterocycles. The fraction of sp³-hybridized carbons (Fsp3) is 0.452. The molecule has 45 heavy (non-hydrogen) atoms. The van der Waals surface area contributed by atoms with Gasteiger partial charge >= 0.3 is 18.2 Å². The van der Waals surface area contributed by atoms with Gasteiger partial charge in [-0.3, -0.25) is 20.2 Å². The van der Waals surface area contributed by atoms with Crippen molar-refractivity contribution in [1.82, 2.24) is 16.0 Å². The zero-order chi connectivity index (χ0) is 32.4. The Bertz CT molecular complexity index is 1340. The van der Waals surface area contributed by atoms with E-state index in [9.17, 15) is 29.1 Å². The normalized spacial score (nSPS) is 23.8. The first-order chi connectivity index (χ1) is 21.5. The van der Waals surface area contributed by atoms with E-state index in [1.54, 1.807) is 60.7 Å². The van der Waals surface area contributed by atoms with Crippen LogP contribution >= 0.6 is 0 Å². The van der Waals surface area contributed by atoms with Crippen molar-refractivity contribution in [3.05, 3.63) is 60.7 Å². The summed E-state index contributed by atoms with van der Waals surface area (Å²) in [5.41, 5.74) is 3.87. The Kier molecular flexibility index (Phi) is 11.2. The Labute approximate surface area is 260 Å². The van der Waals surface area contributed by atoms with Gasteiger partial charge in [-0.25, -0.2) is 14.4 Å². The number of aliphatic hydroxyl groups is 1. The summed E-state index contributed by atoms with van der Waals surface area (Å²) in [6.07, 6.45) is -1.02. The van der Waals surface area contributed by atoms with Gasteiger partial charge in [0.15, 0.2) is 6.10 Å². The molecule has 0 aromatic heterocycles. The number of carbonyl (C=O) groups is 5. The Morgan fingerprint density at radius 1 is 0.822 bits per heavy atom. The summed E-state index contributed by atoms with van der Waals surface area (Å²) in [5.74, 6) is -1.81. The number of rotatable bonds is 9. The van der Waals surface area contributed by atoms with Crippen molar-refractivity contribution in [2.24, 2.45) is 5.73 Å². The highest BCUT2D eigenvalue weighted by atomic mass is 16.6. The zero-order valence-electron chi connectivity index (χ0n) is 25.0. The molecule has 0 spiro atoms. The van der Waals surface area contributed by atoms with E-state index in [1.807, 2.05) is 0 Å². The van der Waals surface area contributed by atoms with Crippen LogP contribution in [-0.2, 0) is 19.1 Å². The molecule has 6 amide bonds. The molecule has 8 N–H and O–H groups in total. The molecular formula is C31H40N6O8. The number of para-hydroxylation sites is 2. The highest BCUT2D eigenvalue weighted by Crippen LogP contribution is 2.34. The van der Waals surface area contributed by atoms with Gasteiger partial charge in [-0.15, -0.1) is 0 Å². The van der Waals surface area contributed by atoms with Crippen molar-refractivity contribution in [1.29, 1.82) is 0 Å². The maximum Gasteiger partial charge on any atom is 0.412 e. The molecule has 0 saturated heterocycles. The summed E-state index contributed by atoms with van der Waals surface area (Å²) in [4.78, 5) is 64.2. The lowest BCUT2D eigenvalue weighted by molar-refractivity contribution is -0.158. The van der Waals surface area contributed by atoms with Crippen LogP contribution in [0.5, 0.6) is 0 Å². The van der Waals surface area contributed by atoms with Gasteiger partial charge in [0.1, 0.15) is 17.7 Å². The fourth-order valence-corrected chi connectivity index (χ4v) is 5.50. The largest absolute Gasteiger partial charge is 0.442 e. The van der Waals surface area contributed by atoms with E-state index in [0.717, 1.165) is 32.1 Å². The van der Waals surface area contributed by atoms with Crippen molar-refractivity contribution >= 4 is 41.4 Å². The topological polar surface area (TPSA) is 210 Å². The summed E-state index contributed by atoms with van der Waals surface area (Å²) in [7, 11) is 0. The molecule has 2 aromatic carbocycles. The SMILES string of the molecule is C[C@@H](NC(=O)[C@]1(O)C[C@H](NC(=O)NC2CCCCC2)[C@@H](OC(=O)Nc2ccccc2)[C@H](OC(=O)Nc2ccccc2)C1)C(N)=O. The van der Waals surface area contributed by atoms with Gasteiger partial charge in [-0.1, -0.05) is 55.7 Å². The first-order valence-corrected chi connectivity index (χ1v) is 15.0. The predicted octanol–water partition coefficient (Wildman–Crippen LogP) is 2.74. The number of nitrogens with one attached hydrogen (secondary N) is 5. The third-order valence-corrected chi connectivity index (χ3v) is 7.86. The summed E-state index contributed by atoms with van der Waals surface area (Å²) in [6, 6.07) is 13.8. The highest BCUT2D eigenvalue weighted by Gasteiger charge is 2.53. The number of hydrogen-bond donors (Lipinski definition) is 7. The van der Waals surface area contributed by atoms with Crippen LogP contribution in [0.2, 0.25) is 0 Å². The molecule has 0 unspecified atom stereocenters. The number of primary amides is 1. The molecule has 2 aliphatic carbocycles. The second-order valence-corrected chi connectivity index (χ2v) is 11.4. The van der Waals surface area contributed by atoms with Gasteiger partial charge in [-0.05, 0) is 44.0 Å². The van der Waals surface area contributed by atoms with Gasteiger partial charge in [0.25, 0.3) is 5.91 Å². The third-order valence-electron chi connectivity index (χ3n) is 7.86. The second-order valence-electron chi connectivity index (χ2n) is 11.4. The number of urea groups is 1. The van der Waals surface area contributed by atoms with Gasteiger partial charge in [-0.2, -0.15) is 0 Å². The first-order valence-electron chi connectivity index (χ1n) is 15.0. The van der Waals surface area contributed by atoms with E-state index < -0.39 is 72.8 Å². The summed E-state index contributed by atoms with van der Waals surface area (Å²) in [6.45, 7) is 1.35. The van der Waals surface area contributed by atoms with Crippen molar-refractivity contribution in [3.8, 4) is 0 Å². The Balaban J connectivity index is 1.61. The first kappa shape index (κ1) is 33.1. The number of nitrogens with two attached hydrogens (primary N) is 1. The molecule has 0 heterocycles. The van der Waals surface area contributed by atoms with Gasteiger partial charge < -0.3 is 36.3 Å². The monoisotopic (exact) mass is 624 g/mol. The zero-order valence-corrected chi connectivity index (χ0v) is 25.0. The van der Waals surface area contributed by atoms with Crippen LogP contribution in [0.15, 0.2) is 60.7 Å². The highest BCUT2D eigenvalue weighted by molar-refractivity contribution is 5.91. The number of amides is 6. The van der Waals surface area contributed by atoms with Crippen LogP contribution in [0.3, 0.4) is 0 Å². The van der Waals surface area contributed by atoms with E-state index in [0.29, 0.717) is 11.4 Å². The van der Waals surface area contributed by atoms with Crippen LogP contribution in [0.1, 0.15) is 51.9 Å². The number of carbonyl (C=O) groups excluding carboxylic acids is 5. The summed E-state index contributed by atoms with van der Waals surface area (Å²) < 4.78 is 11.4. The minimum atomic E-state index is -2.26. The molecule has 242 valence electrons. The quantitative estimate of drug-likeness (QED) is 0.220. The van der Waals surface area contributed by atoms with Crippen LogP contribution < -0.4 is 32.3 Å². The summed E-state index contributed by atoms with van der Waals surface area (Å²) >= 11 is 0. The molecule has 5 atom stereocenters. The lowest BCUT2D eigenvalue weighted by Crippen LogP contribution is -2.66. The number of ether oxygens (including phenoxy) is 2. The summed E-state index contributed by atoms with van der Waals surface area (Å²) in [5, 5.41) is 24.8. The van der Waals surface area contributed by atoms with Gasteiger partial charge in [0.2, 0.25) is 5.91 Å². The van der Waals surface area contributed by atoms with Crippen molar-refractivity contribution in [2.75, 3.05) is 10.6 Å². The second kappa shape index (κ2) is 15.2. The molecule has 14 heteroatoms. The van der Waals surface area contributed by atoms with Crippen molar-refractivity contribution in [2.45, 2.75) is 87.8 Å². The molecule has 14 nitrogen and oxygen atoms in total. The maximum atomic E-state index is 13.3. The van der Waals surface area contributed by atoms with E-state index in [4.69, 9.17) is 15.2 Å². The molecule has 2 saturated carbocycles. The maximum absolute atomic E-state index is 13.3. The lowest BCUT2D eigenvalue weighted by atomic mass is 9.77. The Hall–Kier alpha value is -4.85. The average Bonchev–Trinajstić information content (AvgIpc) is 3.00. The number of benzene rings is 2. The molecule has 0 bridgehead atoms. The predicted molar refractivity (Wildman–Crippen MR) is 164 cm³/mol. The Morgan fingerprint density at radius 2 is 1.38 bits per heavy atom. The van der Waals surface area contributed by atoms with Crippen molar-refractivity contribution < 1.29 is 38.6 Å². The lowest BCUT2D eigenvalue weighted by Gasteiger charge is -2.44. The van der Waals surface area contributed by atoms with Crippen LogP contribution in [-0.4, -0.2) is 71.1 Å². The van der Waals surface area contributed by atoms with Crippen LogP contribution in [0.4, 0.5) is 25.8 Å². The standard InChI is InChI=1S/C31H40N6O8/c1-19(26(32)38)33-27(39)31(43)17-23(37-28(40)34-20-11-5-2-6-12-20)25(45-30(42)36-22-15-9-4-10-16-22)24(18-31)44-29(41)35-21-13-7-3-8-14-21/h3-4,7-10,13-16,19-20,23-25,43H,2,5-6,11-12,17-18H2,1H3,(H2,32,38)(H,33,39)(H,35,41)(H,36,42)(H2,34,37,40)/t19-,23+,24-,25-,31+/m1/s1. The molecule has 4 rings (SSSR count). The Morgan fingerprint density at radius 3 is 1.93 bits per heavy atom. The fourth-order valence-electron chi connectivity index (χ4n) is 5.50. The smallest absolute Gasteiger partial charge is 0.412 e. The molecule has 2 fully saturated rings. The molecule has 2 aliphatic rings. The van der Waals surface area contributed by atoms with Gasteiger partial charge in [0, 0.05) is 30.3 Å².